The van der Waals surface area contributed by atoms with Gasteiger partial charge in [0.05, 0.1) is 4.92 Å². The number of hydrogen-bond acceptors (Lipinski definition) is 4. The van der Waals surface area contributed by atoms with Crippen LogP contribution < -0.4 is 0 Å². The molecule has 6 nitrogen and oxygen atoms in total. The number of nitro benzene ring substituents is 1. The van der Waals surface area contributed by atoms with E-state index in [1.807, 2.05) is 0 Å². The molecule has 0 heterocycles. The van der Waals surface area contributed by atoms with E-state index in [1.54, 1.807) is 60.7 Å². The third-order valence-corrected chi connectivity index (χ3v) is 6.30. The summed E-state index contributed by atoms with van der Waals surface area (Å²) in [5.41, 5.74) is -0.135. The van der Waals surface area contributed by atoms with Gasteiger partial charge in [-0.2, -0.15) is 13.1 Å². The molecule has 0 N–H and O–H groups in total. The lowest BCUT2D eigenvalue weighted by molar-refractivity contribution is -0.384. The molecular weight excluding hydrogens is 414 g/mol. The van der Waals surface area contributed by atoms with Crippen molar-refractivity contribution >= 4 is 15.7 Å². The first-order valence-electron chi connectivity index (χ1n) is 8.92. The Morgan fingerprint density at radius 2 is 1.23 bits per heavy atom. The second-order valence-electron chi connectivity index (χ2n) is 6.57. The highest BCUT2D eigenvalue weighted by Gasteiger charge is 2.50. The number of non-ortho nitro benzene ring substituents is 1. The van der Waals surface area contributed by atoms with E-state index in [0.29, 0.717) is 11.1 Å². The zero-order chi connectivity index (χ0) is 21.8. The summed E-state index contributed by atoms with van der Waals surface area (Å²) in [6.45, 7) is -0.499. The van der Waals surface area contributed by atoms with Crippen LogP contribution in [-0.2, 0) is 28.4 Å². The molecule has 0 unspecified atom stereocenters. The van der Waals surface area contributed by atoms with E-state index in [0.717, 1.165) is 28.6 Å². The van der Waals surface area contributed by atoms with Crippen molar-refractivity contribution in [1.82, 2.24) is 4.31 Å². The van der Waals surface area contributed by atoms with E-state index >= 15 is 8.78 Å². The highest BCUT2D eigenvalue weighted by Crippen LogP contribution is 2.38. The maximum Gasteiger partial charge on any atom is 0.384 e. The molecule has 3 aromatic rings. The second kappa shape index (κ2) is 8.68. The van der Waals surface area contributed by atoms with Crippen molar-refractivity contribution in [2.24, 2.45) is 0 Å². The number of halogens is 2. The van der Waals surface area contributed by atoms with Gasteiger partial charge in [0.1, 0.15) is 0 Å². The van der Waals surface area contributed by atoms with Gasteiger partial charge in [-0.15, -0.1) is 0 Å². The summed E-state index contributed by atoms with van der Waals surface area (Å²) >= 11 is 0. The van der Waals surface area contributed by atoms with Gasteiger partial charge in [0.25, 0.3) is 15.7 Å². The Balaban J connectivity index is 1.99. The van der Waals surface area contributed by atoms with Gasteiger partial charge < -0.3 is 0 Å². The minimum absolute atomic E-state index is 0.249. The van der Waals surface area contributed by atoms with E-state index in [4.69, 9.17) is 0 Å². The normalized spacial score (nSPS) is 12.1. The molecule has 0 saturated carbocycles. The van der Waals surface area contributed by atoms with Crippen molar-refractivity contribution in [2.45, 2.75) is 18.3 Å². The molecule has 9 heteroatoms. The molecule has 0 aromatic heterocycles. The van der Waals surface area contributed by atoms with Crippen LogP contribution in [0.25, 0.3) is 0 Å². The highest BCUT2D eigenvalue weighted by atomic mass is 32.2. The van der Waals surface area contributed by atoms with E-state index in [-0.39, 0.29) is 13.1 Å². The molecule has 0 amide bonds. The topological polar surface area (TPSA) is 80.5 Å². The Hall–Kier alpha value is -3.17. The third-order valence-electron chi connectivity index (χ3n) is 4.48. The Morgan fingerprint density at radius 3 is 1.63 bits per heavy atom. The van der Waals surface area contributed by atoms with Crippen molar-refractivity contribution in [2.75, 3.05) is 0 Å². The predicted molar refractivity (Wildman–Crippen MR) is 108 cm³/mol. The van der Waals surface area contributed by atoms with E-state index in [1.165, 1.54) is 0 Å². The standard InChI is InChI=1S/C21H18F2N2O4S/c22-21(23,19-11-13-20(14-12-19)25(26)27)30(28,29)24(15-17-7-3-1-4-8-17)16-18-9-5-2-6-10-18/h1-14H,15-16H2. The largest absolute Gasteiger partial charge is 0.384 e. The summed E-state index contributed by atoms with van der Waals surface area (Å²) in [5.74, 6) is 0. The molecule has 156 valence electrons. The maximum absolute atomic E-state index is 15.1. The van der Waals surface area contributed by atoms with Gasteiger partial charge in [-0.05, 0) is 23.3 Å². The minimum Gasteiger partial charge on any atom is -0.258 e. The molecule has 0 spiro atoms. The van der Waals surface area contributed by atoms with E-state index in [9.17, 15) is 18.5 Å². The fourth-order valence-electron chi connectivity index (χ4n) is 2.89. The maximum atomic E-state index is 15.1. The quantitative estimate of drug-likeness (QED) is 0.382. The van der Waals surface area contributed by atoms with Crippen LogP contribution in [0.2, 0.25) is 0 Å². The number of alkyl halides is 2. The SMILES string of the molecule is O=[N+]([O-])c1ccc(C(F)(F)S(=O)(=O)N(Cc2ccccc2)Cc2ccccc2)cc1. The van der Waals surface area contributed by atoms with Crippen molar-refractivity contribution in [1.29, 1.82) is 0 Å². The lowest BCUT2D eigenvalue weighted by Crippen LogP contribution is -2.40. The average molecular weight is 432 g/mol. The van der Waals surface area contributed by atoms with Gasteiger partial charge in [0.2, 0.25) is 0 Å². The van der Waals surface area contributed by atoms with Crippen LogP contribution in [0.3, 0.4) is 0 Å². The molecule has 0 aliphatic rings. The van der Waals surface area contributed by atoms with Crippen molar-refractivity contribution in [3.8, 4) is 0 Å². The fourth-order valence-corrected chi connectivity index (χ4v) is 4.28. The molecule has 0 radical (unpaired) electrons. The lowest BCUT2D eigenvalue weighted by atomic mass is 10.2. The predicted octanol–water partition coefficient (Wildman–Crippen LogP) is 4.68. The van der Waals surface area contributed by atoms with Gasteiger partial charge in [0, 0.05) is 30.8 Å². The first kappa shape index (κ1) is 21.5. The molecule has 0 bridgehead atoms. The number of nitrogens with zero attached hydrogens (tertiary/aromatic N) is 2. The average Bonchev–Trinajstić information content (AvgIpc) is 2.74. The Bertz CT molecular complexity index is 1070. The molecule has 3 aromatic carbocycles. The van der Waals surface area contributed by atoms with Crippen molar-refractivity contribution in [3.63, 3.8) is 0 Å². The molecule has 30 heavy (non-hydrogen) atoms. The van der Waals surface area contributed by atoms with Crippen molar-refractivity contribution in [3.05, 3.63) is 112 Å². The van der Waals surface area contributed by atoms with Gasteiger partial charge in [-0.3, -0.25) is 10.1 Å². The Morgan fingerprint density at radius 1 is 0.800 bits per heavy atom. The summed E-state index contributed by atoms with van der Waals surface area (Å²) in [6.07, 6.45) is 0. The van der Waals surface area contributed by atoms with Gasteiger partial charge in [0.15, 0.2) is 0 Å². The van der Waals surface area contributed by atoms with Gasteiger partial charge in [-0.25, -0.2) is 8.42 Å². The number of rotatable bonds is 8. The van der Waals surface area contributed by atoms with E-state index < -0.39 is 31.5 Å². The molecule has 3 rings (SSSR count). The van der Waals surface area contributed by atoms with Crippen LogP contribution in [0.4, 0.5) is 14.5 Å². The third kappa shape index (κ3) is 4.52. The Kier molecular flexibility index (Phi) is 6.23. The first-order chi connectivity index (χ1) is 14.2. The fraction of sp³-hybridized carbons (Fsp3) is 0.143. The van der Waals surface area contributed by atoms with Crippen LogP contribution in [0.5, 0.6) is 0 Å². The summed E-state index contributed by atoms with van der Waals surface area (Å²) in [4.78, 5) is 10.0. The van der Waals surface area contributed by atoms with Gasteiger partial charge >= 0.3 is 5.25 Å². The van der Waals surface area contributed by atoms with Crippen molar-refractivity contribution < 1.29 is 22.1 Å². The summed E-state index contributed by atoms with van der Waals surface area (Å²) < 4.78 is 57.0. The Labute approximate surface area is 172 Å². The molecule has 0 aliphatic heterocycles. The summed E-state index contributed by atoms with van der Waals surface area (Å²) in [6, 6.07) is 20.1. The lowest BCUT2D eigenvalue weighted by Gasteiger charge is -2.27. The summed E-state index contributed by atoms with van der Waals surface area (Å²) in [5, 5.41) is 6.49. The van der Waals surface area contributed by atoms with Crippen LogP contribution in [0.1, 0.15) is 16.7 Å². The first-order valence-corrected chi connectivity index (χ1v) is 10.4. The summed E-state index contributed by atoms with van der Waals surface area (Å²) in [7, 11) is -5.15. The van der Waals surface area contributed by atoms with E-state index in [2.05, 4.69) is 0 Å². The molecule has 0 atom stereocenters. The second-order valence-corrected chi connectivity index (χ2v) is 8.54. The van der Waals surface area contributed by atoms with Crippen LogP contribution in [-0.4, -0.2) is 17.6 Å². The van der Waals surface area contributed by atoms with Crippen LogP contribution in [0, 0.1) is 10.1 Å². The monoisotopic (exact) mass is 432 g/mol. The molecule has 0 aliphatic carbocycles. The molecule has 0 fully saturated rings. The zero-order valence-electron chi connectivity index (χ0n) is 15.7. The molecule has 0 saturated heterocycles. The van der Waals surface area contributed by atoms with Crippen LogP contribution in [0.15, 0.2) is 84.9 Å². The zero-order valence-corrected chi connectivity index (χ0v) is 16.5. The molecular formula is C21H18F2N2O4S. The highest BCUT2D eigenvalue weighted by molar-refractivity contribution is 7.89. The number of sulfonamides is 1. The van der Waals surface area contributed by atoms with Crippen LogP contribution >= 0.6 is 0 Å². The number of benzene rings is 3. The van der Waals surface area contributed by atoms with Gasteiger partial charge in [-0.1, -0.05) is 60.7 Å². The number of hydrogen-bond donors (Lipinski definition) is 0. The number of nitro groups is 1. The smallest absolute Gasteiger partial charge is 0.258 e. The minimum atomic E-state index is -5.15.